The van der Waals surface area contributed by atoms with E-state index >= 15 is 0 Å². The van der Waals surface area contributed by atoms with Gasteiger partial charge in [0.05, 0.1) is 18.7 Å². The topological polar surface area (TPSA) is 102 Å². The zero-order valence-corrected chi connectivity index (χ0v) is 20.6. The van der Waals surface area contributed by atoms with E-state index in [-0.39, 0.29) is 18.1 Å². The van der Waals surface area contributed by atoms with Crippen LogP contribution in [0.1, 0.15) is 23.6 Å². The lowest BCUT2D eigenvalue weighted by Crippen LogP contribution is -2.12. The molecule has 0 aliphatic carbocycles. The summed E-state index contributed by atoms with van der Waals surface area (Å²) in [5, 5.41) is 20.2. The summed E-state index contributed by atoms with van der Waals surface area (Å²) >= 11 is 7.71. The molecule has 0 amide bonds. The summed E-state index contributed by atoms with van der Waals surface area (Å²) in [6, 6.07) is 10.8. The fourth-order valence-electron chi connectivity index (χ4n) is 3.24. The summed E-state index contributed by atoms with van der Waals surface area (Å²) < 4.78 is 18.4. The number of halogens is 1. The Kier molecular flexibility index (Phi) is 8.78. The van der Waals surface area contributed by atoms with Gasteiger partial charge in [0, 0.05) is 10.6 Å². The molecule has 1 aromatic heterocycles. The van der Waals surface area contributed by atoms with Crippen LogP contribution in [-0.4, -0.2) is 46.6 Å². The van der Waals surface area contributed by atoms with Crippen molar-refractivity contribution in [1.29, 1.82) is 0 Å². The molecular weight excluding hydrogens is 480 g/mol. The third-order valence-corrected chi connectivity index (χ3v) is 6.20. The molecule has 0 fully saturated rings. The third kappa shape index (κ3) is 6.00. The minimum atomic E-state index is -0.610. The molecule has 2 aromatic carbocycles. The zero-order valence-electron chi connectivity index (χ0n) is 19.1. The van der Waals surface area contributed by atoms with E-state index in [9.17, 15) is 10.1 Å². The lowest BCUT2D eigenvalue weighted by atomic mass is 10.1. The first-order chi connectivity index (χ1) is 16.4. The number of ether oxygens (including phenoxy) is 3. The Balaban J connectivity index is 2.01. The quantitative estimate of drug-likeness (QED) is 0.141. The predicted octanol–water partition coefficient (Wildman–Crippen LogP) is 5.31. The Morgan fingerprint density at radius 1 is 1.26 bits per heavy atom. The number of methoxy groups -OCH3 is 1. The van der Waals surface area contributed by atoms with Gasteiger partial charge in [-0.25, -0.2) is 0 Å². The fraction of sp³-hybridized carbons (Fsp3) is 0.304. The largest absolute Gasteiger partial charge is 0.497 e. The number of aromatic nitrogens is 3. The van der Waals surface area contributed by atoms with E-state index in [1.807, 2.05) is 42.7 Å². The van der Waals surface area contributed by atoms with Crippen molar-refractivity contribution in [3.8, 4) is 22.9 Å². The van der Waals surface area contributed by atoms with E-state index in [2.05, 4.69) is 16.8 Å². The zero-order chi connectivity index (χ0) is 24.7. The van der Waals surface area contributed by atoms with Crippen molar-refractivity contribution in [2.45, 2.75) is 24.3 Å². The second-order valence-electron chi connectivity index (χ2n) is 7.05. The number of nitrogens with zero attached hydrogens (tertiary/aromatic N) is 4. The Morgan fingerprint density at radius 3 is 2.62 bits per heavy atom. The summed E-state index contributed by atoms with van der Waals surface area (Å²) in [5.74, 6) is 2.14. The van der Waals surface area contributed by atoms with Crippen LogP contribution in [0.3, 0.4) is 0 Å². The molecule has 11 heteroatoms. The minimum Gasteiger partial charge on any atom is -0.497 e. The summed E-state index contributed by atoms with van der Waals surface area (Å²) in [6.07, 6.45) is 1.60. The van der Waals surface area contributed by atoms with Crippen molar-refractivity contribution < 1.29 is 19.1 Å². The second-order valence-corrected chi connectivity index (χ2v) is 8.62. The number of thioether (sulfide) groups is 1. The monoisotopic (exact) mass is 504 g/mol. The lowest BCUT2D eigenvalue weighted by Gasteiger charge is -2.18. The van der Waals surface area contributed by atoms with Gasteiger partial charge < -0.3 is 14.2 Å². The second kappa shape index (κ2) is 11.8. The van der Waals surface area contributed by atoms with Crippen LogP contribution < -0.4 is 14.2 Å². The normalized spacial score (nSPS) is 11.6. The minimum absolute atomic E-state index is 0.246. The van der Waals surface area contributed by atoms with Crippen LogP contribution in [0.5, 0.6) is 17.2 Å². The van der Waals surface area contributed by atoms with Crippen LogP contribution in [0.2, 0.25) is 5.02 Å². The molecule has 9 nitrogen and oxygen atoms in total. The van der Waals surface area contributed by atoms with Crippen molar-refractivity contribution in [3.05, 3.63) is 75.6 Å². The van der Waals surface area contributed by atoms with Crippen molar-refractivity contribution in [3.63, 3.8) is 0 Å². The average molecular weight is 505 g/mol. The highest BCUT2D eigenvalue weighted by atomic mass is 35.5. The van der Waals surface area contributed by atoms with Gasteiger partial charge >= 0.3 is 0 Å². The highest BCUT2D eigenvalue weighted by Crippen LogP contribution is 2.43. The first kappa shape index (κ1) is 25.4. The summed E-state index contributed by atoms with van der Waals surface area (Å²) in [6.45, 7) is 7.57. The van der Waals surface area contributed by atoms with Crippen LogP contribution in [0, 0.1) is 17.0 Å². The molecule has 1 atom stereocenters. The highest BCUT2D eigenvalue weighted by molar-refractivity contribution is 7.99. The van der Waals surface area contributed by atoms with E-state index in [0.717, 1.165) is 5.69 Å². The molecular formula is C23H25ClN4O5S. The molecule has 0 aliphatic rings. The van der Waals surface area contributed by atoms with Gasteiger partial charge in [-0.3, -0.25) is 14.7 Å². The van der Waals surface area contributed by atoms with Gasteiger partial charge in [0.2, 0.25) is 6.54 Å². The Hall–Kier alpha value is -3.24. The molecule has 0 aliphatic heterocycles. The van der Waals surface area contributed by atoms with E-state index < -0.39 is 5.25 Å². The number of hydrogen-bond acceptors (Lipinski definition) is 8. The van der Waals surface area contributed by atoms with Crippen molar-refractivity contribution >= 4 is 23.4 Å². The van der Waals surface area contributed by atoms with E-state index in [0.29, 0.717) is 45.4 Å². The molecule has 3 aromatic rings. The number of rotatable bonds is 12. The fourth-order valence-corrected chi connectivity index (χ4v) is 4.67. The molecule has 0 radical (unpaired) electrons. The Morgan fingerprint density at radius 2 is 2.00 bits per heavy atom. The standard InChI is InChI=1S/C23H25ClN4O5S/c1-5-11-33-22-19(24)12-16(13-20(22)32-6-2)21(14-27(29)30)34-23-26-25-15(3)28(23)17-7-9-18(31-4)10-8-17/h5,7-10,12-13,21H,1,6,11,14H2,2-4H3/t21-/m1/s1. The summed E-state index contributed by atoms with van der Waals surface area (Å²) in [5.41, 5.74) is 1.43. The van der Waals surface area contributed by atoms with Gasteiger partial charge in [-0.2, -0.15) is 0 Å². The maximum absolute atomic E-state index is 11.5. The van der Waals surface area contributed by atoms with Gasteiger partial charge in [-0.1, -0.05) is 36.0 Å². The van der Waals surface area contributed by atoms with Crippen LogP contribution in [0.15, 0.2) is 54.2 Å². The van der Waals surface area contributed by atoms with E-state index in [4.69, 9.17) is 25.8 Å². The van der Waals surface area contributed by atoms with Gasteiger partial charge in [0.1, 0.15) is 23.4 Å². The number of hydrogen-bond donors (Lipinski definition) is 0. The highest BCUT2D eigenvalue weighted by Gasteiger charge is 2.26. The van der Waals surface area contributed by atoms with Crippen molar-refractivity contribution in [2.24, 2.45) is 0 Å². The van der Waals surface area contributed by atoms with Crippen molar-refractivity contribution in [2.75, 3.05) is 26.9 Å². The Labute approximate surface area is 206 Å². The first-order valence-electron chi connectivity index (χ1n) is 10.4. The molecule has 0 unspecified atom stereocenters. The van der Waals surface area contributed by atoms with E-state index in [1.165, 1.54) is 11.8 Å². The van der Waals surface area contributed by atoms with Gasteiger partial charge in [-0.05, 0) is 55.8 Å². The van der Waals surface area contributed by atoms with Crippen LogP contribution in [0.25, 0.3) is 5.69 Å². The molecule has 0 N–H and O–H groups in total. The molecule has 0 bridgehead atoms. The van der Waals surface area contributed by atoms with Gasteiger partial charge in [0.15, 0.2) is 16.7 Å². The molecule has 180 valence electrons. The lowest BCUT2D eigenvalue weighted by molar-refractivity contribution is -0.479. The molecule has 0 saturated heterocycles. The number of benzene rings is 2. The first-order valence-corrected chi connectivity index (χ1v) is 11.7. The molecule has 0 saturated carbocycles. The molecule has 3 rings (SSSR count). The molecule has 1 heterocycles. The SMILES string of the molecule is C=CCOc1c(Cl)cc([C@@H](C[N+](=O)[O-])Sc2nnc(C)n2-c2ccc(OC)cc2)cc1OCC. The maximum atomic E-state index is 11.5. The van der Waals surface area contributed by atoms with Gasteiger partial charge in [0.25, 0.3) is 0 Å². The average Bonchev–Trinajstić information content (AvgIpc) is 3.17. The third-order valence-electron chi connectivity index (χ3n) is 4.74. The van der Waals surface area contributed by atoms with Crippen LogP contribution in [-0.2, 0) is 0 Å². The molecule has 34 heavy (non-hydrogen) atoms. The molecule has 0 spiro atoms. The smallest absolute Gasteiger partial charge is 0.220 e. The maximum Gasteiger partial charge on any atom is 0.220 e. The van der Waals surface area contributed by atoms with E-state index in [1.54, 1.807) is 25.3 Å². The Bertz CT molecular complexity index is 1150. The van der Waals surface area contributed by atoms with Crippen molar-refractivity contribution in [1.82, 2.24) is 14.8 Å². The summed E-state index contributed by atoms with van der Waals surface area (Å²) in [7, 11) is 1.60. The summed E-state index contributed by atoms with van der Waals surface area (Å²) in [4.78, 5) is 11.2. The van der Waals surface area contributed by atoms with Gasteiger partial charge in [-0.15, -0.1) is 10.2 Å². The van der Waals surface area contributed by atoms with Crippen LogP contribution in [0.4, 0.5) is 0 Å². The van der Waals surface area contributed by atoms with Crippen LogP contribution >= 0.6 is 23.4 Å². The number of aryl methyl sites for hydroxylation is 1. The predicted molar refractivity (Wildman–Crippen MR) is 131 cm³/mol. The number of nitro groups is 1.